The molecule has 2 aromatic rings. The molecule has 3 nitrogen and oxygen atoms in total. The molecule has 0 saturated heterocycles. The van der Waals surface area contributed by atoms with Gasteiger partial charge in [0.05, 0.1) is 5.41 Å². The van der Waals surface area contributed by atoms with Gasteiger partial charge >= 0.3 is 0 Å². The fourth-order valence-corrected chi connectivity index (χ4v) is 2.53. The molecule has 0 spiro atoms. The van der Waals surface area contributed by atoms with Gasteiger partial charge in [-0.05, 0) is 49.9 Å². The van der Waals surface area contributed by atoms with Crippen molar-refractivity contribution in [2.75, 3.05) is 13.1 Å². The molecule has 0 fully saturated rings. The minimum atomic E-state index is -0.544. The van der Waals surface area contributed by atoms with E-state index in [1.54, 1.807) is 0 Å². The lowest BCUT2D eigenvalue weighted by atomic mass is 9.83. The number of carbonyl (C=O) groups excluding carboxylic acids is 1. The van der Waals surface area contributed by atoms with Crippen LogP contribution >= 0.6 is 0 Å². The van der Waals surface area contributed by atoms with Crippen LogP contribution in [-0.2, 0) is 10.2 Å². The van der Waals surface area contributed by atoms with Crippen LogP contribution in [0.2, 0.25) is 0 Å². The van der Waals surface area contributed by atoms with E-state index in [2.05, 4.69) is 29.6 Å². The van der Waals surface area contributed by atoms with Crippen molar-refractivity contribution in [1.82, 2.24) is 5.32 Å². The van der Waals surface area contributed by atoms with Crippen LogP contribution in [-0.4, -0.2) is 19.0 Å². The fourth-order valence-electron chi connectivity index (χ4n) is 2.53. The number of hydrogen-bond donors (Lipinski definition) is 2. The summed E-state index contributed by atoms with van der Waals surface area (Å²) >= 11 is 0. The summed E-state index contributed by atoms with van der Waals surface area (Å²) in [5.74, 6) is 0.0574. The highest BCUT2D eigenvalue weighted by Gasteiger charge is 2.29. The van der Waals surface area contributed by atoms with Gasteiger partial charge in [-0.2, -0.15) is 0 Å². The number of nitrogens with one attached hydrogen (secondary N) is 1. The van der Waals surface area contributed by atoms with E-state index in [9.17, 15) is 4.79 Å². The zero-order valence-electron chi connectivity index (χ0n) is 14.0. The first kappa shape index (κ1) is 17.2. The van der Waals surface area contributed by atoms with Crippen LogP contribution in [0.1, 0.15) is 32.3 Å². The maximum Gasteiger partial charge on any atom is 0.230 e. The van der Waals surface area contributed by atoms with Crippen molar-refractivity contribution in [3.05, 3.63) is 60.2 Å². The first-order valence-corrected chi connectivity index (χ1v) is 8.20. The summed E-state index contributed by atoms with van der Waals surface area (Å²) < 4.78 is 0. The third-order valence-electron chi connectivity index (χ3n) is 4.20. The second kappa shape index (κ2) is 7.93. The van der Waals surface area contributed by atoms with Crippen molar-refractivity contribution in [1.29, 1.82) is 0 Å². The Kier molecular flexibility index (Phi) is 5.94. The summed E-state index contributed by atoms with van der Waals surface area (Å²) in [5, 5.41) is 3.01. The highest BCUT2D eigenvalue weighted by Crippen LogP contribution is 2.27. The zero-order chi connectivity index (χ0) is 16.7. The Morgan fingerprint density at radius 3 is 2.17 bits per heavy atom. The van der Waals surface area contributed by atoms with Crippen molar-refractivity contribution >= 4 is 5.91 Å². The Morgan fingerprint density at radius 1 is 0.957 bits per heavy atom. The monoisotopic (exact) mass is 310 g/mol. The average molecular weight is 310 g/mol. The van der Waals surface area contributed by atoms with Crippen molar-refractivity contribution in [3.8, 4) is 11.1 Å². The predicted molar refractivity (Wildman–Crippen MR) is 96.2 cm³/mol. The smallest absolute Gasteiger partial charge is 0.230 e. The van der Waals surface area contributed by atoms with Crippen LogP contribution in [0.5, 0.6) is 0 Å². The van der Waals surface area contributed by atoms with Crippen molar-refractivity contribution in [3.63, 3.8) is 0 Å². The van der Waals surface area contributed by atoms with Gasteiger partial charge in [0.1, 0.15) is 0 Å². The highest BCUT2D eigenvalue weighted by atomic mass is 16.2. The van der Waals surface area contributed by atoms with Crippen LogP contribution in [0.4, 0.5) is 0 Å². The second-order valence-electron chi connectivity index (χ2n) is 6.32. The number of hydrogen-bond acceptors (Lipinski definition) is 2. The third kappa shape index (κ3) is 4.42. The van der Waals surface area contributed by atoms with Crippen LogP contribution in [0.3, 0.4) is 0 Å². The van der Waals surface area contributed by atoms with Crippen LogP contribution in [0.15, 0.2) is 54.6 Å². The first-order valence-electron chi connectivity index (χ1n) is 8.20. The summed E-state index contributed by atoms with van der Waals surface area (Å²) in [7, 11) is 0. The molecule has 3 N–H and O–H groups in total. The lowest BCUT2D eigenvalue weighted by molar-refractivity contribution is -0.125. The molecule has 0 aromatic heterocycles. The number of benzene rings is 2. The zero-order valence-corrected chi connectivity index (χ0v) is 14.0. The molecule has 1 amide bonds. The molecule has 0 aliphatic heterocycles. The number of unbranched alkanes of at least 4 members (excludes halogenated alkanes) is 1. The lowest BCUT2D eigenvalue weighted by Gasteiger charge is -2.24. The first-order chi connectivity index (χ1) is 11.1. The van der Waals surface area contributed by atoms with Crippen LogP contribution in [0, 0.1) is 0 Å². The van der Waals surface area contributed by atoms with Crippen LogP contribution < -0.4 is 11.1 Å². The maximum atomic E-state index is 12.4. The van der Waals surface area contributed by atoms with Gasteiger partial charge in [-0.1, -0.05) is 54.6 Å². The van der Waals surface area contributed by atoms with E-state index in [1.807, 2.05) is 44.2 Å². The van der Waals surface area contributed by atoms with Gasteiger partial charge in [0.2, 0.25) is 5.91 Å². The van der Waals surface area contributed by atoms with E-state index in [4.69, 9.17) is 5.73 Å². The summed E-state index contributed by atoms with van der Waals surface area (Å²) in [6.45, 7) is 5.27. The molecule has 122 valence electrons. The van der Waals surface area contributed by atoms with Gasteiger partial charge < -0.3 is 11.1 Å². The number of rotatable bonds is 7. The van der Waals surface area contributed by atoms with Crippen molar-refractivity contribution in [2.45, 2.75) is 32.1 Å². The van der Waals surface area contributed by atoms with Gasteiger partial charge in [0, 0.05) is 6.54 Å². The lowest BCUT2D eigenvalue weighted by Crippen LogP contribution is -2.40. The van der Waals surface area contributed by atoms with Gasteiger partial charge in [-0.15, -0.1) is 0 Å². The molecule has 2 rings (SSSR count). The molecule has 0 saturated carbocycles. The quantitative estimate of drug-likeness (QED) is 0.769. The Labute approximate surface area is 138 Å². The summed E-state index contributed by atoms with van der Waals surface area (Å²) in [6.07, 6.45) is 1.86. The van der Waals surface area contributed by atoms with E-state index < -0.39 is 5.41 Å². The molecule has 23 heavy (non-hydrogen) atoms. The largest absolute Gasteiger partial charge is 0.355 e. The molecule has 0 radical (unpaired) electrons. The van der Waals surface area contributed by atoms with E-state index >= 15 is 0 Å². The predicted octanol–water partition coefficient (Wildman–Crippen LogP) is 3.49. The van der Waals surface area contributed by atoms with E-state index in [-0.39, 0.29) is 5.91 Å². The SMILES string of the molecule is CC(C)(C(=O)NCCCCN)c1ccc(-c2ccccc2)cc1. The fraction of sp³-hybridized carbons (Fsp3) is 0.350. The molecule has 0 bridgehead atoms. The Morgan fingerprint density at radius 2 is 1.57 bits per heavy atom. The van der Waals surface area contributed by atoms with Gasteiger partial charge in [0.15, 0.2) is 0 Å². The van der Waals surface area contributed by atoms with Gasteiger partial charge in [-0.3, -0.25) is 4.79 Å². The molecule has 0 heterocycles. The second-order valence-corrected chi connectivity index (χ2v) is 6.32. The maximum absolute atomic E-state index is 12.4. The van der Waals surface area contributed by atoms with Gasteiger partial charge in [-0.25, -0.2) is 0 Å². The van der Waals surface area contributed by atoms with E-state index in [1.165, 1.54) is 5.56 Å². The molecule has 0 aliphatic carbocycles. The highest BCUT2D eigenvalue weighted by molar-refractivity contribution is 5.87. The number of nitrogens with two attached hydrogens (primary N) is 1. The van der Waals surface area contributed by atoms with E-state index in [0.29, 0.717) is 13.1 Å². The number of amides is 1. The Bertz CT molecular complexity index is 618. The Hall–Kier alpha value is -2.13. The van der Waals surface area contributed by atoms with E-state index in [0.717, 1.165) is 24.0 Å². The standard InChI is InChI=1S/C20H26N2O/c1-20(2,19(23)22-15-7-6-14-21)18-12-10-17(11-13-18)16-8-4-3-5-9-16/h3-5,8-13H,6-7,14-15,21H2,1-2H3,(H,22,23). The molecular weight excluding hydrogens is 284 g/mol. The molecular formula is C20H26N2O. The van der Waals surface area contributed by atoms with Crippen molar-refractivity contribution < 1.29 is 4.79 Å². The summed E-state index contributed by atoms with van der Waals surface area (Å²) in [4.78, 5) is 12.4. The molecule has 2 aromatic carbocycles. The Balaban J connectivity index is 2.06. The molecule has 3 heteroatoms. The number of carbonyl (C=O) groups is 1. The third-order valence-corrected chi connectivity index (χ3v) is 4.20. The minimum Gasteiger partial charge on any atom is -0.355 e. The summed E-state index contributed by atoms with van der Waals surface area (Å²) in [5.41, 5.74) is 8.29. The summed E-state index contributed by atoms with van der Waals surface area (Å²) in [6, 6.07) is 18.5. The molecule has 0 atom stereocenters. The molecule has 0 aliphatic rings. The topological polar surface area (TPSA) is 55.1 Å². The molecule has 0 unspecified atom stereocenters. The minimum absolute atomic E-state index is 0.0574. The van der Waals surface area contributed by atoms with Crippen molar-refractivity contribution in [2.24, 2.45) is 5.73 Å². The van der Waals surface area contributed by atoms with Gasteiger partial charge in [0.25, 0.3) is 0 Å². The average Bonchev–Trinajstić information content (AvgIpc) is 2.59. The van der Waals surface area contributed by atoms with Crippen LogP contribution in [0.25, 0.3) is 11.1 Å². The normalized spacial score (nSPS) is 11.3.